The normalized spacial score (nSPS) is 11.9. The number of rotatable bonds is 4. The lowest BCUT2D eigenvalue weighted by molar-refractivity contribution is -0.120. The SMILES string of the molecule is CCC(CC)C(=O)Nc1ccc2ccc(C(C)(C)C)cc2n1. The van der Waals surface area contributed by atoms with E-state index in [-0.39, 0.29) is 17.2 Å². The van der Waals surface area contributed by atoms with Crippen LogP contribution in [0.2, 0.25) is 0 Å². The largest absolute Gasteiger partial charge is 0.310 e. The Bertz CT molecular complexity index is 667. The molecule has 0 bridgehead atoms. The van der Waals surface area contributed by atoms with Crippen LogP contribution in [0.15, 0.2) is 30.3 Å². The van der Waals surface area contributed by atoms with Crippen LogP contribution in [0.25, 0.3) is 10.9 Å². The summed E-state index contributed by atoms with van der Waals surface area (Å²) in [7, 11) is 0. The average Bonchev–Trinajstić information content (AvgIpc) is 2.46. The van der Waals surface area contributed by atoms with Crippen LogP contribution in [0, 0.1) is 5.92 Å². The zero-order valence-corrected chi connectivity index (χ0v) is 14.2. The molecule has 0 aliphatic rings. The van der Waals surface area contributed by atoms with Gasteiger partial charge >= 0.3 is 0 Å². The van der Waals surface area contributed by atoms with Gasteiger partial charge in [0, 0.05) is 11.3 Å². The fraction of sp³-hybridized carbons (Fsp3) is 0.474. The first-order valence-corrected chi connectivity index (χ1v) is 8.07. The third-order valence-electron chi connectivity index (χ3n) is 4.17. The van der Waals surface area contributed by atoms with E-state index in [0.29, 0.717) is 5.82 Å². The van der Waals surface area contributed by atoms with E-state index in [0.717, 1.165) is 23.7 Å². The van der Waals surface area contributed by atoms with Crippen molar-refractivity contribution in [1.29, 1.82) is 0 Å². The fourth-order valence-corrected chi connectivity index (χ4v) is 2.54. The lowest BCUT2D eigenvalue weighted by Gasteiger charge is -2.19. The number of carbonyl (C=O) groups is 1. The van der Waals surface area contributed by atoms with Gasteiger partial charge in [-0.15, -0.1) is 0 Å². The number of amides is 1. The first-order valence-electron chi connectivity index (χ1n) is 8.07. The molecule has 0 aliphatic heterocycles. The van der Waals surface area contributed by atoms with Crippen LogP contribution in [-0.4, -0.2) is 10.9 Å². The molecule has 2 rings (SSSR count). The van der Waals surface area contributed by atoms with Crippen molar-refractivity contribution in [3.05, 3.63) is 35.9 Å². The minimum absolute atomic E-state index is 0.0541. The molecule has 118 valence electrons. The van der Waals surface area contributed by atoms with Gasteiger partial charge < -0.3 is 5.32 Å². The van der Waals surface area contributed by atoms with Gasteiger partial charge in [0.15, 0.2) is 0 Å². The lowest BCUT2D eigenvalue weighted by atomic mass is 9.86. The lowest BCUT2D eigenvalue weighted by Crippen LogP contribution is -2.22. The summed E-state index contributed by atoms with van der Waals surface area (Å²) in [6.07, 6.45) is 1.70. The molecule has 0 saturated carbocycles. The smallest absolute Gasteiger partial charge is 0.228 e. The molecule has 0 unspecified atom stereocenters. The van der Waals surface area contributed by atoms with Gasteiger partial charge in [-0.1, -0.05) is 46.8 Å². The maximum Gasteiger partial charge on any atom is 0.228 e. The molecule has 0 aliphatic carbocycles. The molecule has 1 heterocycles. The summed E-state index contributed by atoms with van der Waals surface area (Å²) >= 11 is 0. The van der Waals surface area contributed by atoms with Gasteiger partial charge in [-0.25, -0.2) is 4.98 Å². The second-order valence-electron chi connectivity index (χ2n) is 6.86. The van der Waals surface area contributed by atoms with E-state index >= 15 is 0 Å². The predicted molar refractivity (Wildman–Crippen MR) is 93.1 cm³/mol. The summed E-state index contributed by atoms with van der Waals surface area (Å²) in [6, 6.07) is 10.2. The maximum absolute atomic E-state index is 12.2. The number of carbonyl (C=O) groups excluding carboxylic acids is 1. The summed E-state index contributed by atoms with van der Waals surface area (Å²) in [5, 5.41) is 4.04. The molecule has 1 aromatic heterocycles. The van der Waals surface area contributed by atoms with Crippen molar-refractivity contribution in [2.24, 2.45) is 5.92 Å². The van der Waals surface area contributed by atoms with Gasteiger partial charge in [-0.3, -0.25) is 4.79 Å². The number of nitrogens with zero attached hydrogens (tertiary/aromatic N) is 1. The van der Waals surface area contributed by atoms with E-state index in [9.17, 15) is 4.79 Å². The molecule has 3 heteroatoms. The van der Waals surface area contributed by atoms with E-state index in [2.05, 4.69) is 49.3 Å². The molecule has 22 heavy (non-hydrogen) atoms. The van der Waals surface area contributed by atoms with Crippen LogP contribution in [-0.2, 0) is 10.2 Å². The molecule has 0 spiro atoms. The predicted octanol–water partition coefficient (Wildman–Crippen LogP) is 4.91. The number of pyridine rings is 1. The Morgan fingerprint density at radius 1 is 1.14 bits per heavy atom. The molecule has 0 saturated heterocycles. The molecular formula is C19H26N2O. The number of fused-ring (bicyclic) bond motifs is 1. The molecule has 0 fully saturated rings. The Balaban J connectivity index is 2.31. The molecule has 0 atom stereocenters. The summed E-state index contributed by atoms with van der Waals surface area (Å²) in [4.78, 5) is 16.8. The van der Waals surface area contributed by atoms with E-state index in [4.69, 9.17) is 0 Å². The van der Waals surface area contributed by atoms with Crippen molar-refractivity contribution in [1.82, 2.24) is 4.98 Å². The van der Waals surface area contributed by atoms with Crippen LogP contribution < -0.4 is 5.32 Å². The van der Waals surface area contributed by atoms with Crippen LogP contribution in [0.4, 0.5) is 5.82 Å². The van der Waals surface area contributed by atoms with Crippen molar-refractivity contribution in [3.63, 3.8) is 0 Å². The second kappa shape index (κ2) is 6.47. The first-order chi connectivity index (χ1) is 10.3. The van der Waals surface area contributed by atoms with Crippen LogP contribution in [0.1, 0.15) is 53.0 Å². The van der Waals surface area contributed by atoms with Crippen molar-refractivity contribution in [3.8, 4) is 0 Å². The number of anilines is 1. The minimum atomic E-state index is 0.0541. The maximum atomic E-state index is 12.2. The third kappa shape index (κ3) is 3.65. The summed E-state index contributed by atoms with van der Waals surface area (Å²) in [5.74, 6) is 0.748. The number of nitrogens with one attached hydrogen (secondary N) is 1. The molecule has 2 aromatic rings. The van der Waals surface area contributed by atoms with Crippen LogP contribution >= 0.6 is 0 Å². The fourth-order valence-electron chi connectivity index (χ4n) is 2.54. The summed E-state index contributed by atoms with van der Waals surface area (Å²) < 4.78 is 0. The Morgan fingerprint density at radius 2 is 1.77 bits per heavy atom. The highest BCUT2D eigenvalue weighted by atomic mass is 16.1. The van der Waals surface area contributed by atoms with Gasteiger partial charge in [0.1, 0.15) is 5.82 Å². The third-order valence-corrected chi connectivity index (χ3v) is 4.17. The topological polar surface area (TPSA) is 42.0 Å². The van der Waals surface area contributed by atoms with E-state index < -0.39 is 0 Å². The zero-order chi connectivity index (χ0) is 16.3. The van der Waals surface area contributed by atoms with Crippen LogP contribution in [0.5, 0.6) is 0 Å². The van der Waals surface area contributed by atoms with Gasteiger partial charge in [0.05, 0.1) is 5.52 Å². The molecule has 1 amide bonds. The van der Waals surface area contributed by atoms with Gasteiger partial charge in [0.2, 0.25) is 5.91 Å². The van der Waals surface area contributed by atoms with E-state index in [1.165, 1.54) is 5.56 Å². The zero-order valence-electron chi connectivity index (χ0n) is 14.2. The monoisotopic (exact) mass is 298 g/mol. The number of benzene rings is 1. The standard InChI is InChI=1S/C19H26N2O/c1-6-13(7-2)18(22)21-17-11-9-14-8-10-15(19(3,4)5)12-16(14)20-17/h8-13H,6-7H2,1-5H3,(H,20,21,22). The molecule has 3 nitrogen and oxygen atoms in total. The second-order valence-corrected chi connectivity index (χ2v) is 6.86. The summed E-state index contributed by atoms with van der Waals surface area (Å²) in [6.45, 7) is 10.6. The Labute approximate surface area is 133 Å². The van der Waals surface area contributed by atoms with E-state index in [1.807, 2.05) is 26.0 Å². The number of hydrogen-bond donors (Lipinski definition) is 1. The Hall–Kier alpha value is -1.90. The highest BCUT2D eigenvalue weighted by Gasteiger charge is 2.16. The highest BCUT2D eigenvalue weighted by Crippen LogP contribution is 2.26. The number of aromatic nitrogens is 1. The van der Waals surface area contributed by atoms with Gasteiger partial charge in [-0.05, 0) is 42.0 Å². The summed E-state index contributed by atoms with van der Waals surface area (Å²) in [5.41, 5.74) is 2.26. The first kappa shape index (κ1) is 16.5. The van der Waals surface area contributed by atoms with Crippen molar-refractivity contribution < 1.29 is 4.79 Å². The quantitative estimate of drug-likeness (QED) is 0.871. The Morgan fingerprint density at radius 3 is 2.36 bits per heavy atom. The van der Waals surface area contributed by atoms with Crippen molar-refractivity contribution >= 4 is 22.6 Å². The molecule has 0 radical (unpaired) electrons. The molecular weight excluding hydrogens is 272 g/mol. The molecule has 1 aromatic carbocycles. The minimum Gasteiger partial charge on any atom is -0.310 e. The Kier molecular flexibility index (Phi) is 4.84. The average molecular weight is 298 g/mol. The van der Waals surface area contributed by atoms with Crippen molar-refractivity contribution in [2.75, 3.05) is 5.32 Å². The number of hydrogen-bond acceptors (Lipinski definition) is 2. The van der Waals surface area contributed by atoms with Crippen molar-refractivity contribution in [2.45, 2.75) is 52.9 Å². The van der Waals surface area contributed by atoms with E-state index in [1.54, 1.807) is 0 Å². The molecule has 1 N–H and O–H groups in total. The van der Waals surface area contributed by atoms with Gasteiger partial charge in [0.25, 0.3) is 0 Å². The highest BCUT2D eigenvalue weighted by molar-refractivity contribution is 5.93. The van der Waals surface area contributed by atoms with Crippen LogP contribution in [0.3, 0.4) is 0 Å². The van der Waals surface area contributed by atoms with Gasteiger partial charge in [-0.2, -0.15) is 0 Å².